The van der Waals surface area contributed by atoms with Crippen LogP contribution < -0.4 is 15.0 Å². The normalized spacial score (nSPS) is 16.0. The van der Waals surface area contributed by atoms with Crippen molar-refractivity contribution in [3.63, 3.8) is 0 Å². The summed E-state index contributed by atoms with van der Waals surface area (Å²) in [5.74, 6) is -1.28. The van der Waals surface area contributed by atoms with E-state index in [4.69, 9.17) is 21.1 Å². The van der Waals surface area contributed by atoms with Crippen molar-refractivity contribution in [1.82, 2.24) is 0 Å². The summed E-state index contributed by atoms with van der Waals surface area (Å²) >= 11 is 5.96. The van der Waals surface area contributed by atoms with Crippen LogP contribution in [-0.2, 0) is 19.1 Å². The molecule has 1 fully saturated rings. The van der Waals surface area contributed by atoms with Gasteiger partial charge >= 0.3 is 5.97 Å². The van der Waals surface area contributed by atoms with Crippen molar-refractivity contribution in [1.29, 1.82) is 0 Å². The zero-order chi connectivity index (χ0) is 20.1. The van der Waals surface area contributed by atoms with Gasteiger partial charge in [0.15, 0.2) is 6.61 Å². The SMILES string of the molecule is COc1cccc(NC(=O)COC(=O)C2CC(=O)N(c3cccc(Cl)c3)C2)c1. The van der Waals surface area contributed by atoms with E-state index in [2.05, 4.69) is 5.32 Å². The Kier molecular flexibility index (Phi) is 6.16. The second-order valence-corrected chi connectivity index (χ2v) is 6.71. The van der Waals surface area contributed by atoms with Gasteiger partial charge in [0.1, 0.15) is 5.75 Å². The van der Waals surface area contributed by atoms with Crippen LogP contribution in [0, 0.1) is 5.92 Å². The number of esters is 1. The lowest BCUT2D eigenvalue weighted by molar-refractivity contribution is -0.151. The monoisotopic (exact) mass is 402 g/mol. The van der Waals surface area contributed by atoms with E-state index in [1.54, 1.807) is 48.5 Å². The van der Waals surface area contributed by atoms with E-state index in [1.807, 2.05) is 0 Å². The van der Waals surface area contributed by atoms with Crippen LogP contribution in [0.2, 0.25) is 5.02 Å². The quantitative estimate of drug-likeness (QED) is 0.751. The second kappa shape index (κ2) is 8.75. The Balaban J connectivity index is 1.52. The number of anilines is 2. The molecule has 1 aliphatic rings. The third kappa shape index (κ3) is 4.80. The molecule has 1 N–H and O–H groups in total. The Morgan fingerprint density at radius 3 is 2.75 bits per heavy atom. The highest BCUT2D eigenvalue weighted by Crippen LogP contribution is 2.27. The van der Waals surface area contributed by atoms with Crippen LogP contribution in [0.5, 0.6) is 5.75 Å². The number of carbonyl (C=O) groups is 3. The minimum Gasteiger partial charge on any atom is -0.497 e. The minimum atomic E-state index is -0.629. The average Bonchev–Trinajstić information content (AvgIpc) is 3.08. The molecule has 1 aliphatic heterocycles. The molecule has 2 amide bonds. The summed E-state index contributed by atoms with van der Waals surface area (Å²) in [5, 5.41) is 3.13. The molecule has 0 aromatic heterocycles. The number of carbonyl (C=O) groups excluding carboxylic acids is 3. The Morgan fingerprint density at radius 1 is 1.21 bits per heavy atom. The number of methoxy groups -OCH3 is 1. The van der Waals surface area contributed by atoms with Gasteiger partial charge in [0.05, 0.1) is 13.0 Å². The Hall–Kier alpha value is -3.06. The maximum Gasteiger partial charge on any atom is 0.311 e. The number of nitrogens with one attached hydrogen (secondary N) is 1. The summed E-state index contributed by atoms with van der Waals surface area (Å²) in [6.45, 7) is -0.243. The molecule has 8 heteroatoms. The predicted molar refractivity (Wildman–Crippen MR) is 104 cm³/mol. The number of ether oxygens (including phenoxy) is 2. The van der Waals surface area contributed by atoms with Crippen LogP contribution in [0.15, 0.2) is 48.5 Å². The molecule has 146 valence electrons. The van der Waals surface area contributed by atoms with Gasteiger partial charge in [0.2, 0.25) is 5.91 Å². The summed E-state index contributed by atoms with van der Waals surface area (Å²) in [7, 11) is 1.53. The van der Waals surface area contributed by atoms with Gasteiger partial charge in [0.25, 0.3) is 5.91 Å². The Morgan fingerprint density at radius 2 is 2.00 bits per heavy atom. The zero-order valence-corrected chi connectivity index (χ0v) is 15.9. The molecule has 1 atom stereocenters. The van der Waals surface area contributed by atoms with Crippen LogP contribution >= 0.6 is 11.6 Å². The van der Waals surface area contributed by atoms with Gasteiger partial charge in [0, 0.05) is 35.4 Å². The first-order valence-electron chi connectivity index (χ1n) is 8.62. The van der Waals surface area contributed by atoms with Crippen molar-refractivity contribution in [2.45, 2.75) is 6.42 Å². The predicted octanol–water partition coefficient (Wildman–Crippen LogP) is 2.88. The van der Waals surface area contributed by atoms with Gasteiger partial charge in [-0.25, -0.2) is 0 Å². The highest BCUT2D eigenvalue weighted by Gasteiger charge is 2.36. The average molecular weight is 403 g/mol. The van der Waals surface area contributed by atoms with E-state index in [0.717, 1.165) is 0 Å². The maximum absolute atomic E-state index is 12.3. The fourth-order valence-electron chi connectivity index (χ4n) is 2.91. The van der Waals surface area contributed by atoms with E-state index in [1.165, 1.54) is 12.0 Å². The number of nitrogens with zero attached hydrogens (tertiary/aromatic N) is 1. The van der Waals surface area contributed by atoms with Gasteiger partial charge in [-0.05, 0) is 30.3 Å². The van der Waals surface area contributed by atoms with Crippen molar-refractivity contribution < 1.29 is 23.9 Å². The topological polar surface area (TPSA) is 84.9 Å². The highest BCUT2D eigenvalue weighted by atomic mass is 35.5. The molecule has 2 aromatic rings. The first-order valence-corrected chi connectivity index (χ1v) is 9.00. The van der Waals surface area contributed by atoms with E-state index < -0.39 is 24.4 Å². The van der Waals surface area contributed by atoms with Crippen molar-refractivity contribution in [2.75, 3.05) is 30.5 Å². The minimum absolute atomic E-state index is 0.0306. The molecule has 0 aliphatic carbocycles. The fourth-order valence-corrected chi connectivity index (χ4v) is 3.10. The van der Waals surface area contributed by atoms with Crippen LogP contribution in [0.4, 0.5) is 11.4 Å². The fraction of sp³-hybridized carbons (Fsp3) is 0.250. The Bertz CT molecular complexity index is 902. The molecular weight excluding hydrogens is 384 g/mol. The number of rotatable bonds is 6. The number of hydrogen-bond acceptors (Lipinski definition) is 5. The van der Waals surface area contributed by atoms with E-state index in [-0.39, 0.29) is 18.9 Å². The lowest BCUT2D eigenvalue weighted by Crippen LogP contribution is -2.28. The van der Waals surface area contributed by atoms with Gasteiger partial charge in [-0.15, -0.1) is 0 Å². The van der Waals surface area contributed by atoms with Crippen LogP contribution in [0.25, 0.3) is 0 Å². The zero-order valence-electron chi connectivity index (χ0n) is 15.2. The standard InChI is InChI=1S/C20H19ClN2O5/c1-27-17-7-3-5-15(10-17)22-18(24)12-28-20(26)13-8-19(25)23(11-13)16-6-2-4-14(21)9-16/h2-7,9-10,13H,8,11-12H2,1H3,(H,22,24). The molecule has 0 saturated carbocycles. The van der Waals surface area contributed by atoms with Gasteiger partial charge in [-0.1, -0.05) is 23.7 Å². The van der Waals surface area contributed by atoms with Gasteiger partial charge in [-0.3, -0.25) is 14.4 Å². The molecule has 0 bridgehead atoms. The maximum atomic E-state index is 12.3. The van der Waals surface area contributed by atoms with Crippen molar-refractivity contribution in [3.8, 4) is 5.75 Å². The van der Waals surface area contributed by atoms with Crippen molar-refractivity contribution in [2.24, 2.45) is 5.92 Å². The van der Waals surface area contributed by atoms with Crippen LogP contribution in [-0.4, -0.2) is 38.0 Å². The van der Waals surface area contributed by atoms with E-state index in [0.29, 0.717) is 22.1 Å². The van der Waals surface area contributed by atoms with E-state index >= 15 is 0 Å². The lowest BCUT2D eigenvalue weighted by Gasteiger charge is -2.16. The number of amides is 2. The first kappa shape index (κ1) is 19.7. The summed E-state index contributed by atoms with van der Waals surface area (Å²) in [6, 6.07) is 13.7. The molecule has 7 nitrogen and oxygen atoms in total. The smallest absolute Gasteiger partial charge is 0.311 e. The molecule has 28 heavy (non-hydrogen) atoms. The molecule has 1 heterocycles. The Labute approximate surface area is 167 Å². The number of benzene rings is 2. The first-order chi connectivity index (χ1) is 13.5. The third-order valence-corrected chi connectivity index (χ3v) is 4.51. The van der Waals surface area contributed by atoms with Crippen LogP contribution in [0.1, 0.15) is 6.42 Å². The molecular formula is C20H19ClN2O5. The highest BCUT2D eigenvalue weighted by molar-refractivity contribution is 6.31. The number of halogens is 1. The second-order valence-electron chi connectivity index (χ2n) is 6.27. The van der Waals surface area contributed by atoms with Crippen LogP contribution in [0.3, 0.4) is 0 Å². The number of hydrogen-bond donors (Lipinski definition) is 1. The van der Waals surface area contributed by atoms with E-state index in [9.17, 15) is 14.4 Å². The summed E-state index contributed by atoms with van der Waals surface area (Å²) in [5.41, 5.74) is 1.16. The molecule has 2 aromatic carbocycles. The van der Waals surface area contributed by atoms with Gasteiger partial charge in [-0.2, -0.15) is 0 Å². The molecule has 3 rings (SSSR count). The third-order valence-electron chi connectivity index (χ3n) is 4.28. The summed E-state index contributed by atoms with van der Waals surface area (Å²) in [4.78, 5) is 38.0. The summed E-state index contributed by atoms with van der Waals surface area (Å²) < 4.78 is 10.2. The van der Waals surface area contributed by atoms with Crippen molar-refractivity contribution >= 4 is 40.8 Å². The lowest BCUT2D eigenvalue weighted by atomic mass is 10.1. The molecule has 0 spiro atoms. The van der Waals surface area contributed by atoms with Crippen molar-refractivity contribution in [3.05, 3.63) is 53.6 Å². The summed E-state index contributed by atoms with van der Waals surface area (Å²) in [6.07, 6.45) is 0.0306. The molecule has 0 radical (unpaired) electrons. The largest absolute Gasteiger partial charge is 0.497 e. The molecule has 1 unspecified atom stereocenters. The molecule has 1 saturated heterocycles. The van der Waals surface area contributed by atoms with Gasteiger partial charge < -0.3 is 19.7 Å².